The minimum Gasteiger partial charge on any atom is -0.389 e. The summed E-state index contributed by atoms with van der Waals surface area (Å²) >= 11 is 0. The number of likely N-dealkylation sites (N-methyl/N-ethyl adjacent to an activating group) is 1. The van der Waals surface area contributed by atoms with Crippen LogP contribution in [0.5, 0.6) is 0 Å². The molecule has 0 bridgehead atoms. The van der Waals surface area contributed by atoms with Crippen LogP contribution in [0, 0.1) is 11.8 Å². The Morgan fingerprint density at radius 3 is 2.79 bits per heavy atom. The molecule has 0 aromatic carbocycles. The van der Waals surface area contributed by atoms with E-state index in [0.717, 1.165) is 76.3 Å². The Balaban J connectivity index is 1.58. The van der Waals surface area contributed by atoms with Crippen LogP contribution in [-0.4, -0.2) is 46.4 Å². The fourth-order valence-electron chi connectivity index (χ4n) is 4.65. The molecule has 0 unspecified atom stereocenters. The number of amides is 1. The number of pyridine rings is 1. The van der Waals surface area contributed by atoms with Crippen molar-refractivity contribution in [2.24, 2.45) is 11.8 Å². The molecule has 3 atom stereocenters. The molecule has 184 valence electrons. The number of carbonyl (C=O) groups excluding carboxylic acids is 2. The second kappa shape index (κ2) is 15.8. The summed E-state index contributed by atoms with van der Waals surface area (Å²) in [4.78, 5) is 30.8. The number of nitrogens with zero attached hydrogens (tertiary/aromatic N) is 2. The van der Waals surface area contributed by atoms with Gasteiger partial charge in [0.2, 0.25) is 5.91 Å². The van der Waals surface area contributed by atoms with Gasteiger partial charge in [0.05, 0.1) is 6.10 Å². The van der Waals surface area contributed by atoms with Crippen molar-refractivity contribution in [3.63, 3.8) is 0 Å². The monoisotopic (exact) mass is 456 g/mol. The molecule has 0 radical (unpaired) electrons. The zero-order valence-electron chi connectivity index (χ0n) is 20.8. The predicted molar refractivity (Wildman–Crippen MR) is 134 cm³/mol. The fourth-order valence-corrected chi connectivity index (χ4v) is 4.65. The number of hydrogen-bond donors (Lipinski definition) is 1. The number of Topliss-reactive ketones (excluding diaryl/α,β-unsaturated/α-hetero) is 1. The second-order valence-corrected chi connectivity index (χ2v) is 9.56. The first-order valence-electron chi connectivity index (χ1n) is 13.0. The fraction of sp³-hybridized carbons (Fsp3) is 0.679. The molecule has 1 aromatic rings. The van der Waals surface area contributed by atoms with Gasteiger partial charge in [0.15, 0.2) is 0 Å². The summed E-state index contributed by atoms with van der Waals surface area (Å²) in [7, 11) is 1.87. The van der Waals surface area contributed by atoms with Gasteiger partial charge in [-0.1, -0.05) is 63.7 Å². The Labute approximate surface area is 200 Å². The summed E-state index contributed by atoms with van der Waals surface area (Å²) < 4.78 is 0. The van der Waals surface area contributed by atoms with Gasteiger partial charge in [0, 0.05) is 50.7 Å². The largest absolute Gasteiger partial charge is 0.389 e. The van der Waals surface area contributed by atoms with Crippen molar-refractivity contribution in [3.05, 3.63) is 42.2 Å². The van der Waals surface area contributed by atoms with Gasteiger partial charge in [-0.15, -0.1) is 0 Å². The van der Waals surface area contributed by atoms with E-state index in [1.165, 1.54) is 0 Å². The minimum absolute atomic E-state index is 0.114. The lowest BCUT2D eigenvalue weighted by Gasteiger charge is -2.17. The first-order chi connectivity index (χ1) is 16.0. The number of carbonyl (C=O) groups is 2. The molecule has 0 aliphatic heterocycles. The van der Waals surface area contributed by atoms with Crippen LogP contribution in [0.25, 0.3) is 0 Å². The third-order valence-corrected chi connectivity index (χ3v) is 6.85. The van der Waals surface area contributed by atoms with E-state index in [-0.39, 0.29) is 23.8 Å². The maximum Gasteiger partial charge on any atom is 0.222 e. The molecule has 0 spiro atoms. The van der Waals surface area contributed by atoms with Gasteiger partial charge in [0.25, 0.3) is 0 Å². The van der Waals surface area contributed by atoms with E-state index in [9.17, 15) is 14.7 Å². The van der Waals surface area contributed by atoms with E-state index < -0.39 is 0 Å². The van der Waals surface area contributed by atoms with Crippen LogP contribution >= 0.6 is 0 Å². The molecule has 1 aliphatic rings. The Bertz CT molecular complexity index is 719. The first kappa shape index (κ1) is 27.2. The molecule has 33 heavy (non-hydrogen) atoms. The summed E-state index contributed by atoms with van der Waals surface area (Å²) in [6, 6.07) is 5.86. The molecule has 1 amide bonds. The van der Waals surface area contributed by atoms with Crippen LogP contribution in [0.15, 0.2) is 36.5 Å². The van der Waals surface area contributed by atoms with E-state index in [4.69, 9.17) is 0 Å². The van der Waals surface area contributed by atoms with Crippen LogP contribution in [0.3, 0.4) is 0 Å². The molecule has 5 heteroatoms. The van der Waals surface area contributed by atoms with Crippen molar-refractivity contribution in [1.82, 2.24) is 9.88 Å². The Hall–Kier alpha value is -2.01. The van der Waals surface area contributed by atoms with Crippen molar-refractivity contribution < 1.29 is 14.7 Å². The number of aliphatic hydroxyl groups excluding tert-OH is 1. The van der Waals surface area contributed by atoms with Gasteiger partial charge in [-0.05, 0) is 43.7 Å². The standard InChI is InChI=1S/C28H44N2O3/c1-3-4-7-13-25(31)18-16-23-17-19-27(32)26(23)14-8-5-6-9-15-28(33)30(2)22-20-24-12-10-11-21-29-24/h10-12,16,18,21,23,25-26,31H,3-9,13-15,17,19-20,22H2,1-2H3/t23-,25-,26+/m0/s1. The van der Waals surface area contributed by atoms with Crippen LogP contribution in [0.1, 0.15) is 89.7 Å². The normalized spacial score (nSPS) is 19.3. The zero-order chi connectivity index (χ0) is 23.9. The van der Waals surface area contributed by atoms with Crippen molar-refractivity contribution in [2.75, 3.05) is 13.6 Å². The van der Waals surface area contributed by atoms with E-state index in [0.29, 0.717) is 25.2 Å². The lowest BCUT2D eigenvalue weighted by Crippen LogP contribution is -2.28. The zero-order valence-corrected chi connectivity index (χ0v) is 20.8. The van der Waals surface area contributed by atoms with E-state index >= 15 is 0 Å². The highest BCUT2D eigenvalue weighted by Gasteiger charge is 2.32. The first-order valence-corrected chi connectivity index (χ1v) is 13.0. The summed E-state index contributed by atoms with van der Waals surface area (Å²) in [5, 5.41) is 10.1. The van der Waals surface area contributed by atoms with Crippen molar-refractivity contribution in [1.29, 1.82) is 0 Å². The second-order valence-electron chi connectivity index (χ2n) is 9.56. The molecular formula is C28H44N2O3. The third kappa shape index (κ3) is 10.6. The van der Waals surface area contributed by atoms with E-state index in [1.807, 2.05) is 31.3 Å². The Morgan fingerprint density at radius 1 is 1.21 bits per heavy atom. The van der Waals surface area contributed by atoms with Gasteiger partial charge < -0.3 is 10.0 Å². The SMILES string of the molecule is CCCCC[C@H](O)C=C[C@H]1CCC(=O)[C@@H]1CCCCCCC(=O)N(C)CCc1ccccn1. The molecule has 1 aliphatic carbocycles. The molecule has 1 fully saturated rings. The highest BCUT2D eigenvalue weighted by molar-refractivity contribution is 5.83. The molecule has 5 nitrogen and oxygen atoms in total. The van der Waals surface area contributed by atoms with E-state index in [2.05, 4.69) is 18.0 Å². The van der Waals surface area contributed by atoms with Crippen molar-refractivity contribution in [3.8, 4) is 0 Å². The molecular weight excluding hydrogens is 412 g/mol. The van der Waals surface area contributed by atoms with Gasteiger partial charge in [0.1, 0.15) is 5.78 Å². The lowest BCUT2D eigenvalue weighted by molar-refractivity contribution is -0.130. The number of rotatable bonds is 16. The maximum atomic E-state index is 12.3. The van der Waals surface area contributed by atoms with Gasteiger partial charge in [-0.25, -0.2) is 0 Å². The van der Waals surface area contributed by atoms with Gasteiger partial charge in [-0.2, -0.15) is 0 Å². The van der Waals surface area contributed by atoms with Gasteiger partial charge >= 0.3 is 0 Å². The predicted octanol–water partition coefficient (Wildman–Crippen LogP) is 5.52. The molecule has 1 aromatic heterocycles. The summed E-state index contributed by atoms with van der Waals surface area (Å²) in [5.41, 5.74) is 1.01. The van der Waals surface area contributed by atoms with Crippen LogP contribution < -0.4 is 0 Å². The highest BCUT2D eigenvalue weighted by Crippen LogP contribution is 2.34. The third-order valence-electron chi connectivity index (χ3n) is 6.85. The molecule has 1 N–H and O–H groups in total. The molecule has 2 rings (SSSR count). The maximum absolute atomic E-state index is 12.3. The Morgan fingerprint density at radius 2 is 2.03 bits per heavy atom. The number of aromatic nitrogens is 1. The summed E-state index contributed by atoms with van der Waals surface area (Å²) in [6.07, 6.45) is 17.5. The molecule has 1 saturated carbocycles. The number of ketones is 1. The lowest BCUT2D eigenvalue weighted by atomic mass is 9.89. The highest BCUT2D eigenvalue weighted by atomic mass is 16.3. The average Bonchev–Trinajstić information content (AvgIpc) is 3.18. The Kier molecular flexibility index (Phi) is 13.0. The van der Waals surface area contributed by atoms with Crippen LogP contribution in [0.2, 0.25) is 0 Å². The number of aliphatic hydroxyl groups is 1. The number of allylic oxidation sites excluding steroid dienone is 1. The van der Waals surface area contributed by atoms with Crippen molar-refractivity contribution in [2.45, 2.75) is 96.5 Å². The summed E-state index contributed by atoms with van der Waals surface area (Å²) in [5.74, 6) is 0.977. The van der Waals surface area contributed by atoms with Crippen molar-refractivity contribution >= 4 is 11.7 Å². The van der Waals surface area contributed by atoms with Crippen LogP contribution in [-0.2, 0) is 16.0 Å². The molecule has 0 saturated heterocycles. The molecule has 1 heterocycles. The van der Waals surface area contributed by atoms with E-state index in [1.54, 1.807) is 11.1 Å². The van der Waals surface area contributed by atoms with Crippen LogP contribution in [0.4, 0.5) is 0 Å². The number of unbranched alkanes of at least 4 members (excludes halogenated alkanes) is 5. The smallest absolute Gasteiger partial charge is 0.222 e. The van der Waals surface area contributed by atoms with Gasteiger partial charge in [-0.3, -0.25) is 14.6 Å². The summed E-state index contributed by atoms with van der Waals surface area (Å²) in [6.45, 7) is 2.86. The number of hydrogen-bond acceptors (Lipinski definition) is 4. The minimum atomic E-state index is -0.382. The average molecular weight is 457 g/mol. The topological polar surface area (TPSA) is 70.5 Å². The quantitative estimate of drug-likeness (QED) is 0.263.